The summed E-state index contributed by atoms with van der Waals surface area (Å²) in [4.78, 5) is 23.0. The summed E-state index contributed by atoms with van der Waals surface area (Å²) in [6.07, 6.45) is 3.24. The predicted molar refractivity (Wildman–Crippen MR) is 78.5 cm³/mol. The Morgan fingerprint density at radius 3 is 2.40 bits per heavy atom. The summed E-state index contributed by atoms with van der Waals surface area (Å²) >= 11 is 0. The fourth-order valence-corrected chi connectivity index (χ4v) is 2.76. The molecule has 0 aromatic carbocycles. The monoisotopic (exact) mass is 284 g/mol. The van der Waals surface area contributed by atoms with Crippen molar-refractivity contribution in [1.82, 2.24) is 10.6 Å². The second kappa shape index (κ2) is 7.62. The average molecular weight is 284 g/mol. The van der Waals surface area contributed by atoms with Gasteiger partial charge in [0, 0.05) is 12.5 Å². The number of hydrogen-bond acceptors (Lipinski definition) is 3. The van der Waals surface area contributed by atoms with E-state index in [1.54, 1.807) is 0 Å². The van der Waals surface area contributed by atoms with Gasteiger partial charge in [-0.25, -0.2) is 0 Å². The van der Waals surface area contributed by atoms with Crippen LogP contribution in [0.25, 0.3) is 0 Å². The summed E-state index contributed by atoms with van der Waals surface area (Å²) in [6.45, 7) is 8.11. The van der Waals surface area contributed by atoms with Gasteiger partial charge in [0.2, 0.25) is 5.91 Å². The summed E-state index contributed by atoms with van der Waals surface area (Å²) in [5.41, 5.74) is 0.00214. The highest BCUT2D eigenvalue weighted by atomic mass is 16.4. The molecule has 3 N–H and O–H groups in total. The van der Waals surface area contributed by atoms with Crippen molar-refractivity contribution in [1.29, 1.82) is 0 Å². The summed E-state index contributed by atoms with van der Waals surface area (Å²) in [7, 11) is 0. The molecule has 0 saturated carbocycles. The topological polar surface area (TPSA) is 78.4 Å². The molecule has 5 heteroatoms. The van der Waals surface area contributed by atoms with Gasteiger partial charge in [-0.1, -0.05) is 20.8 Å². The van der Waals surface area contributed by atoms with Gasteiger partial charge >= 0.3 is 5.97 Å². The lowest BCUT2D eigenvalue weighted by molar-refractivity contribution is -0.138. The minimum Gasteiger partial charge on any atom is -0.481 e. The molecule has 1 fully saturated rings. The first-order valence-corrected chi connectivity index (χ1v) is 7.48. The Morgan fingerprint density at radius 1 is 1.30 bits per heavy atom. The standard InChI is InChI=1S/C15H28N2O3/c1-15(2,3)10-12(9-14(19)20)17-13(18)8-11-4-6-16-7-5-11/h11-12,16H,4-10H2,1-3H3,(H,17,18)(H,19,20). The van der Waals surface area contributed by atoms with Crippen molar-refractivity contribution in [2.45, 2.75) is 58.9 Å². The van der Waals surface area contributed by atoms with E-state index >= 15 is 0 Å². The van der Waals surface area contributed by atoms with Crippen LogP contribution in [0.2, 0.25) is 0 Å². The van der Waals surface area contributed by atoms with Crippen LogP contribution in [0.5, 0.6) is 0 Å². The molecule has 0 spiro atoms. The summed E-state index contributed by atoms with van der Waals surface area (Å²) in [5.74, 6) is -0.440. The van der Waals surface area contributed by atoms with Crippen molar-refractivity contribution in [3.05, 3.63) is 0 Å². The molecule has 0 radical (unpaired) electrons. The first-order chi connectivity index (χ1) is 9.26. The zero-order valence-electron chi connectivity index (χ0n) is 12.9. The number of carboxylic acid groups (broad SMARTS) is 1. The third-order valence-corrected chi connectivity index (χ3v) is 3.58. The molecule has 0 aliphatic carbocycles. The van der Waals surface area contributed by atoms with Gasteiger partial charge in [0.1, 0.15) is 0 Å². The number of nitrogens with one attached hydrogen (secondary N) is 2. The molecule has 20 heavy (non-hydrogen) atoms. The molecule has 1 unspecified atom stereocenters. The lowest BCUT2D eigenvalue weighted by Crippen LogP contribution is -2.40. The smallest absolute Gasteiger partial charge is 0.305 e. The SMILES string of the molecule is CC(C)(C)CC(CC(=O)O)NC(=O)CC1CCNCC1. The lowest BCUT2D eigenvalue weighted by atomic mass is 9.86. The molecule has 1 aliphatic heterocycles. The molecule has 116 valence electrons. The quantitative estimate of drug-likeness (QED) is 0.694. The summed E-state index contributed by atoms with van der Waals surface area (Å²) in [6, 6.07) is -0.276. The third kappa shape index (κ3) is 7.48. The third-order valence-electron chi connectivity index (χ3n) is 3.58. The van der Waals surface area contributed by atoms with Gasteiger partial charge in [-0.15, -0.1) is 0 Å². The van der Waals surface area contributed by atoms with Crippen molar-refractivity contribution in [3.8, 4) is 0 Å². The van der Waals surface area contributed by atoms with Crippen LogP contribution in [-0.2, 0) is 9.59 Å². The molecule has 1 saturated heterocycles. The van der Waals surface area contributed by atoms with Crippen LogP contribution in [0.1, 0.15) is 52.9 Å². The molecule has 5 nitrogen and oxygen atoms in total. The van der Waals surface area contributed by atoms with E-state index in [-0.39, 0.29) is 23.8 Å². The minimum absolute atomic E-state index is 0.00214. The predicted octanol–water partition coefficient (Wildman–Crippen LogP) is 1.77. The first-order valence-electron chi connectivity index (χ1n) is 7.48. The molecular formula is C15H28N2O3. The molecule has 1 heterocycles. The van der Waals surface area contributed by atoms with Gasteiger partial charge in [-0.2, -0.15) is 0 Å². The van der Waals surface area contributed by atoms with Gasteiger partial charge in [0.15, 0.2) is 0 Å². The van der Waals surface area contributed by atoms with Gasteiger partial charge < -0.3 is 15.7 Å². The molecule has 1 aliphatic rings. The van der Waals surface area contributed by atoms with Gasteiger partial charge in [0.25, 0.3) is 0 Å². The van der Waals surface area contributed by atoms with Crippen LogP contribution in [-0.4, -0.2) is 36.1 Å². The highest BCUT2D eigenvalue weighted by Crippen LogP contribution is 2.23. The van der Waals surface area contributed by atoms with Crippen LogP contribution in [0.4, 0.5) is 0 Å². The van der Waals surface area contributed by atoms with Crippen LogP contribution in [0.3, 0.4) is 0 Å². The maximum absolute atomic E-state index is 12.1. The van der Waals surface area contributed by atoms with Crippen LogP contribution >= 0.6 is 0 Å². The molecule has 1 rings (SSSR count). The second-order valence-corrected chi connectivity index (χ2v) is 7.02. The second-order valence-electron chi connectivity index (χ2n) is 7.02. The van der Waals surface area contributed by atoms with Gasteiger partial charge in [0.05, 0.1) is 6.42 Å². The zero-order valence-corrected chi connectivity index (χ0v) is 12.9. The van der Waals surface area contributed by atoms with E-state index in [0.29, 0.717) is 18.8 Å². The van der Waals surface area contributed by atoms with Crippen molar-refractivity contribution in [3.63, 3.8) is 0 Å². The number of carbonyl (C=O) groups is 2. The van der Waals surface area contributed by atoms with E-state index in [1.165, 1.54) is 0 Å². The number of carboxylic acids is 1. The van der Waals surface area contributed by atoms with Crippen molar-refractivity contribution >= 4 is 11.9 Å². The highest BCUT2D eigenvalue weighted by molar-refractivity contribution is 5.77. The minimum atomic E-state index is -0.860. The normalized spacial score (nSPS) is 18.6. The molecule has 0 aromatic heterocycles. The molecular weight excluding hydrogens is 256 g/mol. The summed E-state index contributed by atoms with van der Waals surface area (Å²) in [5, 5.41) is 15.1. The number of aliphatic carboxylic acids is 1. The van der Waals surface area contributed by atoms with Crippen molar-refractivity contribution in [2.75, 3.05) is 13.1 Å². The molecule has 0 bridgehead atoms. The molecule has 0 aromatic rings. The Hall–Kier alpha value is -1.10. The maximum atomic E-state index is 12.1. The number of amides is 1. The number of carbonyl (C=O) groups excluding carboxylic acids is 1. The lowest BCUT2D eigenvalue weighted by Gasteiger charge is -2.27. The first kappa shape index (κ1) is 17.0. The maximum Gasteiger partial charge on any atom is 0.305 e. The van der Waals surface area contributed by atoms with Crippen LogP contribution < -0.4 is 10.6 Å². The van der Waals surface area contributed by atoms with Crippen LogP contribution in [0, 0.1) is 11.3 Å². The Balaban J connectivity index is 2.45. The van der Waals surface area contributed by atoms with Gasteiger partial charge in [-0.05, 0) is 43.7 Å². The van der Waals surface area contributed by atoms with E-state index in [0.717, 1.165) is 25.9 Å². The van der Waals surface area contributed by atoms with E-state index in [4.69, 9.17) is 5.11 Å². The number of hydrogen-bond donors (Lipinski definition) is 3. The Bertz CT molecular complexity index is 331. The van der Waals surface area contributed by atoms with E-state index < -0.39 is 5.97 Å². The Labute approximate surface area is 121 Å². The van der Waals surface area contributed by atoms with Crippen molar-refractivity contribution in [2.24, 2.45) is 11.3 Å². The number of rotatable bonds is 6. The zero-order chi connectivity index (χ0) is 15.2. The Kier molecular flexibility index (Phi) is 6.46. The van der Waals surface area contributed by atoms with Crippen molar-refractivity contribution < 1.29 is 14.7 Å². The average Bonchev–Trinajstić information content (AvgIpc) is 2.26. The highest BCUT2D eigenvalue weighted by Gasteiger charge is 2.24. The largest absolute Gasteiger partial charge is 0.481 e. The summed E-state index contributed by atoms with van der Waals surface area (Å²) < 4.78 is 0. The van der Waals surface area contributed by atoms with Gasteiger partial charge in [-0.3, -0.25) is 9.59 Å². The Morgan fingerprint density at radius 2 is 1.90 bits per heavy atom. The van der Waals surface area contributed by atoms with E-state index in [9.17, 15) is 9.59 Å². The number of piperidine rings is 1. The fourth-order valence-electron chi connectivity index (χ4n) is 2.76. The van der Waals surface area contributed by atoms with E-state index in [2.05, 4.69) is 31.4 Å². The van der Waals surface area contributed by atoms with E-state index in [1.807, 2.05) is 0 Å². The molecule has 1 amide bonds. The fraction of sp³-hybridized carbons (Fsp3) is 0.867. The molecule has 1 atom stereocenters. The van der Waals surface area contributed by atoms with Crippen LogP contribution in [0.15, 0.2) is 0 Å².